The Kier molecular flexibility index (Phi) is 4.54. The molecule has 1 fully saturated rings. The lowest BCUT2D eigenvalue weighted by Crippen LogP contribution is -2.46. The van der Waals surface area contributed by atoms with Crippen molar-refractivity contribution in [2.75, 3.05) is 31.1 Å². The van der Waals surface area contributed by atoms with E-state index in [0.29, 0.717) is 0 Å². The fourth-order valence-electron chi connectivity index (χ4n) is 3.72. The van der Waals surface area contributed by atoms with Gasteiger partial charge in [-0.25, -0.2) is 0 Å². The van der Waals surface area contributed by atoms with Crippen molar-refractivity contribution in [2.45, 2.75) is 13.5 Å². The second-order valence-corrected chi connectivity index (χ2v) is 8.03. The lowest BCUT2D eigenvalue weighted by Gasteiger charge is -2.35. The molecular weight excluding hydrogens is 368 g/mol. The third-order valence-corrected chi connectivity index (χ3v) is 5.90. The first kappa shape index (κ1) is 17.3. The number of rotatable bonds is 4. The molecule has 0 atom stereocenters. The first-order chi connectivity index (χ1) is 13.8. The smallest absolute Gasteiger partial charge is 0.186 e. The van der Waals surface area contributed by atoms with Gasteiger partial charge in [0.15, 0.2) is 11.5 Å². The van der Waals surface area contributed by atoms with Gasteiger partial charge in [-0.3, -0.25) is 4.90 Å². The van der Waals surface area contributed by atoms with Gasteiger partial charge in [-0.1, -0.05) is 29.8 Å². The van der Waals surface area contributed by atoms with Crippen LogP contribution >= 0.6 is 11.3 Å². The molecule has 0 N–H and O–H groups in total. The quantitative estimate of drug-likeness (QED) is 0.534. The largest absolute Gasteiger partial charge is 0.353 e. The summed E-state index contributed by atoms with van der Waals surface area (Å²) in [5.41, 5.74) is 4.55. The molecule has 4 aromatic rings. The molecule has 0 saturated carbocycles. The predicted octanol–water partition coefficient (Wildman–Crippen LogP) is 3.48. The summed E-state index contributed by atoms with van der Waals surface area (Å²) in [7, 11) is 0. The summed E-state index contributed by atoms with van der Waals surface area (Å²) in [6, 6.07) is 14.9. The van der Waals surface area contributed by atoms with Gasteiger partial charge in [-0.15, -0.1) is 15.3 Å². The first-order valence-electron chi connectivity index (χ1n) is 9.54. The zero-order chi connectivity index (χ0) is 18.9. The molecule has 28 heavy (non-hydrogen) atoms. The molecule has 0 aliphatic carbocycles. The van der Waals surface area contributed by atoms with Crippen LogP contribution in [0, 0.1) is 6.92 Å². The molecule has 1 aliphatic heterocycles. The number of hydrogen-bond donors (Lipinski definition) is 0. The number of thiophene rings is 1. The average molecular weight is 391 g/mol. The van der Waals surface area contributed by atoms with Crippen molar-refractivity contribution in [3.8, 4) is 11.4 Å². The van der Waals surface area contributed by atoms with Crippen molar-refractivity contribution in [2.24, 2.45) is 0 Å². The Morgan fingerprint density at radius 1 is 1.00 bits per heavy atom. The Hall–Kier alpha value is -2.77. The van der Waals surface area contributed by atoms with Gasteiger partial charge >= 0.3 is 0 Å². The summed E-state index contributed by atoms with van der Waals surface area (Å²) in [4.78, 5) is 4.86. The summed E-state index contributed by atoms with van der Waals surface area (Å²) in [6.45, 7) is 7.18. The SMILES string of the molecule is Cc1cccc(CN2CCN(c3ccc4nnc(-c5ccsc5)n4n3)CC2)c1. The maximum Gasteiger partial charge on any atom is 0.186 e. The van der Waals surface area contributed by atoms with Gasteiger partial charge < -0.3 is 4.90 Å². The maximum absolute atomic E-state index is 4.84. The lowest BCUT2D eigenvalue weighted by molar-refractivity contribution is 0.249. The molecule has 0 radical (unpaired) electrons. The molecule has 1 aromatic carbocycles. The predicted molar refractivity (Wildman–Crippen MR) is 113 cm³/mol. The van der Waals surface area contributed by atoms with Crippen molar-refractivity contribution >= 4 is 22.8 Å². The lowest BCUT2D eigenvalue weighted by atomic mass is 10.1. The van der Waals surface area contributed by atoms with E-state index in [1.807, 2.05) is 16.0 Å². The second kappa shape index (κ2) is 7.33. The molecule has 4 heterocycles. The van der Waals surface area contributed by atoms with Gasteiger partial charge in [0, 0.05) is 43.7 Å². The number of aromatic nitrogens is 4. The molecule has 1 aliphatic rings. The Morgan fingerprint density at radius 2 is 1.89 bits per heavy atom. The molecule has 142 valence electrons. The molecule has 3 aromatic heterocycles. The highest BCUT2D eigenvalue weighted by Crippen LogP contribution is 2.22. The van der Waals surface area contributed by atoms with Crippen LogP contribution in [0.1, 0.15) is 11.1 Å². The van der Waals surface area contributed by atoms with Crippen LogP contribution in [-0.4, -0.2) is 50.9 Å². The van der Waals surface area contributed by atoms with Crippen LogP contribution in [0.15, 0.2) is 53.2 Å². The van der Waals surface area contributed by atoms with Crippen molar-refractivity contribution in [3.63, 3.8) is 0 Å². The third-order valence-electron chi connectivity index (χ3n) is 5.21. The Morgan fingerprint density at radius 3 is 2.68 bits per heavy atom. The van der Waals surface area contributed by atoms with E-state index < -0.39 is 0 Å². The van der Waals surface area contributed by atoms with Crippen molar-refractivity contribution in [3.05, 3.63) is 64.4 Å². The van der Waals surface area contributed by atoms with E-state index in [9.17, 15) is 0 Å². The van der Waals surface area contributed by atoms with Crippen molar-refractivity contribution in [1.29, 1.82) is 0 Å². The second-order valence-electron chi connectivity index (χ2n) is 7.25. The monoisotopic (exact) mass is 390 g/mol. The highest BCUT2D eigenvalue weighted by atomic mass is 32.1. The van der Waals surface area contributed by atoms with Crippen molar-refractivity contribution < 1.29 is 0 Å². The summed E-state index contributed by atoms with van der Waals surface area (Å²) in [5, 5.41) is 17.5. The molecule has 0 amide bonds. The molecular formula is C21H22N6S. The fourth-order valence-corrected chi connectivity index (χ4v) is 4.36. The minimum atomic E-state index is 0.781. The Bertz CT molecular complexity index is 1080. The summed E-state index contributed by atoms with van der Waals surface area (Å²) in [6.07, 6.45) is 0. The highest BCUT2D eigenvalue weighted by molar-refractivity contribution is 7.08. The number of nitrogens with zero attached hydrogens (tertiary/aromatic N) is 6. The minimum Gasteiger partial charge on any atom is -0.353 e. The van der Waals surface area contributed by atoms with E-state index in [1.54, 1.807) is 11.3 Å². The average Bonchev–Trinajstić information content (AvgIpc) is 3.37. The normalized spacial score (nSPS) is 15.4. The van der Waals surface area contributed by atoms with Crippen LogP contribution in [0.3, 0.4) is 0 Å². The number of anilines is 1. The zero-order valence-electron chi connectivity index (χ0n) is 15.8. The molecule has 0 unspecified atom stereocenters. The van der Waals surface area contributed by atoms with Crippen LogP contribution in [0.25, 0.3) is 17.0 Å². The molecule has 6 nitrogen and oxygen atoms in total. The number of benzene rings is 1. The molecule has 0 spiro atoms. The maximum atomic E-state index is 4.84. The molecule has 7 heteroatoms. The number of aryl methyl sites for hydroxylation is 1. The summed E-state index contributed by atoms with van der Waals surface area (Å²) < 4.78 is 1.86. The van der Waals surface area contributed by atoms with E-state index >= 15 is 0 Å². The van der Waals surface area contributed by atoms with E-state index in [2.05, 4.69) is 68.7 Å². The van der Waals surface area contributed by atoms with Gasteiger partial charge in [0.2, 0.25) is 0 Å². The standard InChI is InChI=1S/C21H22N6S/c1-16-3-2-4-17(13-16)14-25-8-10-26(11-9-25)20-6-5-19-22-23-21(27(19)24-20)18-7-12-28-15-18/h2-7,12-13,15H,8-11,14H2,1H3. The van der Waals surface area contributed by atoms with Crippen LogP contribution in [-0.2, 0) is 6.54 Å². The van der Waals surface area contributed by atoms with E-state index in [4.69, 9.17) is 5.10 Å². The van der Waals surface area contributed by atoms with Crippen LogP contribution in [0.4, 0.5) is 5.82 Å². The fraction of sp³-hybridized carbons (Fsp3) is 0.286. The van der Waals surface area contributed by atoms with Crippen LogP contribution in [0.5, 0.6) is 0 Å². The van der Waals surface area contributed by atoms with E-state index in [1.165, 1.54) is 11.1 Å². The van der Waals surface area contributed by atoms with Gasteiger partial charge in [0.25, 0.3) is 0 Å². The van der Waals surface area contributed by atoms with E-state index in [-0.39, 0.29) is 0 Å². The van der Waals surface area contributed by atoms with Gasteiger partial charge in [0.05, 0.1) is 0 Å². The van der Waals surface area contributed by atoms with E-state index in [0.717, 1.165) is 55.6 Å². The topological polar surface area (TPSA) is 49.6 Å². The number of fused-ring (bicyclic) bond motifs is 1. The van der Waals surface area contributed by atoms with Gasteiger partial charge in [0.1, 0.15) is 5.82 Å². The number of piperazine rings is 1. The van der Waals surface area contributed by atoms with Crippen molar-refractivity contribution in [1.82, 2.24) is 24.7 Å². The van der Waals surface area contributed by atoms with Gasteiger partial charge in [-0.2, -0.15) is 15.9 Å². The Labute approximate surface area is 168 Å². The molecule has 5 rings (SSSR count). The number of hydrogen-bond acceptors (Lipinski definition) is 6. The molecule has 0 bridgehead atoms. The van der Waals surface area contributed by atoms with Gasteiger partial charge in [-0.05, 0) is 36.1 Å². The zero-order valence-corrected chi connectivity index (χ0v) is 16.6. The summed E-state index contributed by atoms with van der Waals surface area (Å²) in [5.74, 6) is 1.79. The Balaban J connectivity index is 1.31. The van der Waals surface area contributed by atoms with Crippen LogP contribution in [0.2, 0.25) is 0 Å². The highest BCUT2D eigenvalue weighted by Gasteiger charge is 2.19. The van der Waals surface area contributed by atoms with Crippen LogP contribution < -0.4 is 4.90 Å². The first-order valence-corrected chi connectivity index (χ1v) is 10.5. The third kappa shape index (κ3) is 3.39. The molecule has 1 saturated heterocycles. The summed E-state index contributed by atoms with van der Waals surface area (Å²) >= 11 is 1.66. The minimum absolute atomic E-state index is 0.781.